The van der Waals surface area contributed by atoms with Crippen molar-refractivity contribution in [2.75, 3.05) is 6.26 Å². The molecule has 2 heteroatoms. The average molecular weight is 234 g/mol. The Labute approximate surface area is 102 Å². The summed E-state index contributed by atoms with van der Waals surface area (Å²) >= 11 is 1.63. The zero-order valence-corrected chi connectivity index (χ0v) is 10.8. The first kappa shape index (κ1) is 13.1. The van der Waals surface area contributed by atoms with Crippen LogP contribution in [0.2, 0.25) is 0 Å². The van der Waals surface area contributed by atoms with Crippen molar-refractivity contribution in [2.45, 2.75) is 20.0 Å². The standard InChI is InChI=1S/C14H18OS/c1-10(2)14(16-4)11(3)13(15)12-8-6-5-7-9-12/h5-9,13,15H,3H2,1-2,4H3. The molecule has 0 aliphatic carbocycles. The maximum absolute atomic E-state index is 10.2. The van der Waals surface area contributed by atoms with Crippen molar-refractivity contribution < 1.29 is 5.11 Å². The van der Waals surface area contributed by atoms with Gasteiger partial charge in [-0.05, 0) is 31.2 Å². The molecule has 1 aromatic carbocycles. The quantitative estimate of drug-likeness (QED) is 0.796. The summed E-state index contributed by atoms with van der Waals surface area (Å²) in [5.41, 5.74) is 2.85. The van der Waals surface area contributed by atoms with Crippen LogP contribution in [0.25, 0.3) is 0 Å². The summed E-state index contributed by atoms with van der Waals surface area (Å²) in [4.78, 5) is 1.08. The molecule has 0 heterocycles. The molecule has 0 radical (unpaired) electrons. The van der Waals surface area contributed by atoms with Gasteiger partial charge in [-0.3, -0.25) is 0 Å². The largest absolute Gasteiger partial charge is 0.384 e. The molecule has 16 heavy (non-hydrogen) atoms. The van der Waals surface area contributed by atoms with Crippen molar-refractivity contribution in [3.63, 3.8) is 0 Å². The van der Waals surface area contributed by atoms with Crippen molar-refractivity contribution in [1.29, 1.82) is 0 Å². The maximum Gasteiger partial charge on any atom is 0.105 e. The van der Waals surface area contributed by atoms with E-state index in [1.54, 1.807) is 11.8 Å². The highest BCUT2D eigenvalue weighted by Crippen LogP contribution is 2.33. The number of rotatable bonds is 4. The first-order chi connectivity index (χ1) is 7.57. The highest BCUT2D eigenvalue weighted by atomic mass is 32.2. The van der Waals surface area contributed by atoms with E-state index < -0.39 is 6.10 Å². The summed E-state index contributed by atoms with van der Waals surface area (Å²) in [6.45, 7) is 8.07. The van der Waals surface area contributed by atoms with Crippen molar-refractivity contribution in [3.05, 3.63) is 58.5 Å². The van der Waals surface area contributed by atoms with E-state index in [2.05, 4.69) is 6.58 Å². The van der Waals surface area contributed by atoms with E-state index in [1.807, 2.05) is 50.4 Å². The Morgan fingerprint density at radius 3 is 2.25 bits per heavy atom. The normalized spacial score (nSPS) is 12.0. The molecular weight excluding hydrogens is 216 g/mol. The zero-order valence-electron chi connectivity index (χ0n) is 10.0. The van der Waals surface area contributed by atoms with Crippen LogP contribution in [-0.2, 0) is 0 Å². The predicted octanol–water partition coefficient (Wildman–Crippen LogP) is 3.93. The highest BCUT2D eigenvalue weighted by molar-refractivity contribution is 8.02. The smallest absolute Gasteiger partial charge is 0.105 e. The van der Waals surface area contributed by atoms with Gasteiger partial charge in [-0.2, -0.15) is 0 Å². The van der Waals surface area contributed by atoms with Gasteiger partial charge in [-0.1, -0.05) is 42.5 Å². The molecule has 1 atom stereocenters. The number of allylic oxidation sites excluding steroid dienone is 1. The van der Waals surface area contributed by atoms with Crippen LogP contribution in [0.3, 0.4) is 0 Å². The molecule has 0 aliphatic heterocycles. The first-order valence-electron chi connectivity index (χ1n) is 5.21. The molecule has 0 saturated heterocycles. The Morgan fingerprint density at radius 1 is 1.25 bits per heavy atom. The molecule has 0 saturated carbocycles. The topological polar surface area (TPSA) is 20.2 Å². The number of aliphatic hydroxyl groups is 1. The van der Waals surface area contributed by atoms with Crippen LogP contribution in [0.4, 0.5) is 0 Å². The van der Waals surface area contributed by atoms with Crippen LogP contribution in [0.15, 0.2) is 53.0 Å². The Kier molecular flexibility index (Phi) is 4.84. The lowest BCUT2D eigenvalue weighted by molar-refractivity contribution is 0.219. The molecule has 0 bridgehead atoms. The summed E-state index contributed by atoms with van der Waals surface area (Å²) in [6, 6.07) is 9.62. The maximum atomic E-state index is 10.2. The summed E-state index contributed by atoms with van der Waals surface area (Å²) < 4.78 is 0. The Bertz CT molecular complexity index is 388. The second-order valence-corrected chi connectivity index (χ2v) is 4.69. The van der Waals surface area contributed by atoms with E-state index in [-0.39, 0.29) is 0 Å². The Hall–Kier alpha value is -0.990. The number of hydrogen-bond donors (Lipinski definition) is 1. The second kappa shape index (κ2) is 5.92. The summed E-state index contributed by atoms with van der Waals surface area (Å²) in [7, 11) is 0. The number of thioether (sulfide) groups is 1. The van der Waals surface area contributed by atoms with Crippen LogP contribution in [0, 0.1) is 0 Å². The molecule has 0 amide bonds. The van der Waals surface area contributed by atoms with Gasteiger partial charge < -0.3 is 5.11 Å². The zero-order chi connectivity index (χ0) is 12.1. The third-order valence-electron chi connectivity index (χ3n) is 2.40. The van der Waals surface area contributed by atoms with Crippen molar-refractivity contribution in [1.82, 2.24) is 0 Å². The summed E-state index contributed by atoms with van der Waals surface area (Å²) in [5, 5.41) is 10.2. The predicted molar refractivity (Wildman–Crippen MR) is 72.4 cm³/mol. The molecular formula is C14H18OS. The monoisotopic (exact) mass is 234 g/mol. The van der Waals surface area contributed by atoms with E-state index in [9.17, 15) is 5.11 Å². The van der Waals surface area contributed by atoms with Gasteiger partial charge in [0.2, 0.25) is 0 Å². The van der Waals surface area contributed by atoms with E-state index >= 15 is 0 Å². The third-order valence-corrected chi connectivity index (χ3v) is 3.47. The van der Waals surface area contributed by atoms with Gasteiger partial charge in [0.1, 0.15) is 6.10 Å². The number of hydrogen-bond acceptors (Lipinski definition) is 2. The molecule has 1 aromatic rings. The number of benzene rings is 1. The lowest BCUT2D eigenvalue weighted by Gasteiger charge is -2.17. The molecule has 0 spiro atoms. The van der Waals surface area contributed by atoms with E-state index in [0.29, 0.717) is 0 Å². The molecule has 1 nitrogen and oxygen atoms in total. The van der Waals surface area contributed by atoms with Gasteiger partial charge in [0.25, 0.3) is 0 Å². The minimum absolute atomic E-state index is 0.612. The fourth-order valence-electron chi connectivity index (χ4n) is 1.62. The van der Waals surface area contributed by atoms with Crippen LogP contribution in [0.1, 0.15) is 25.5 Å². The summed E-state index contributed by atoms with van der Waals surface area (Å²) in [5.74, 6) is 0. The van der Waals surface area contributed by atoms with Crippen molar-refractivity contribution >= 4 is 11.8 Å². The Balaban J connectivity index is 2.95. The minimum Gasteiger partial charge on any atom is -0.384 e. The lowest BCUT2D eigenvalue weighted by atomic mass is 10.0. The molecule has 0 aliphatic rings. The molecule has 1 N–H and O–H groups in total. The van der Waals surface area contributed by atoms with Crippen molar-refractivity contribution in [2.24, 2.45) is 0 Å². The van der Waals surface area contributed by atoms with Crippen LogP contribution >= 0.6 is 11.8 Å². The molecule has 0 aromatic heterocycles. The highest BCUT2D eigenvalue weighted by Gasteiger charge is 2.15. The van der Waals surface area contributed by atoms with Gasteiger partial charge in [-0.15, -0.1) is 11.8 Å². The number of aliphatic hydroxyl groups excluding tert-OH is 1. The van der Waals surface area contributed by atoms with E-state index in [4.69, 9.17) is 0 Å². The van der Waals surface area contributed by atoms with Crippen LogP contribution < -0.4 is 0 Å². The minimum atomic E-state index is -0.612. The molecule has 86 valence electrons. The fraction of sp³-hybridized carbons (Fsp3) is 0.286. The SMILES string of the molecule is C=C(C(SC)=C(C)C)C(O)c1ccccc1. The second-order valence-electron chi connectivity index (χ2n) is 3.87. The summed E-state index contributed by atoms with van der Waals surface area (Å²) in [6.07, 6.45) is 1.39. The van der Waals surface area contributed by atoms with Gasteiger partial charge in [0.15, 0.2) is 0 Å². The van der Waals surface area contributed by atoms with Gasteiger partial charge in [-0.25, -0.2) is 0 Å². The fourth-order valence-corrected chi connectivity index (χ4v) is 2.40. The van der Waals surface area contributed by atoms with E-state index in [1.165, 1.54) is 5.57 Å². The van der Waals surface area contributed by atoms with Gasteiger partial charge in [0, 0.05) is 4.91 Å². The van der Waals surface area contributed by atoms with Crippen LogP contribution in [-0.4, -0.2) is 11.4 Å². The van der Waals surface area contributed by atoms with Gasteiger partial charge in [0.05, 0.1) is 0 Å². The van der Waals surface area contributed by atoms with Crippen molar-refractivity contribution in [3.8, 4) is 0 Å². The lowest BCUT2D eigenvalue weighted by Crippen LogP contribution is -2.02. The first-order valence-corrected chi connectivity index (χ1v) is 6.44. The Morgan fingerprint density at radius 2 is 1.81 bits per heavy atom. The van der Waals surface area contributed by atoms with Crippen LogP contribution in [0.5, 0.6) is 0 Å². The molecule has 0 fully saturated rings. The molecule has 1 rings (SSSR count). The molecule has 1 unspecified atom stereocenters. The van der Waals surface area contributed by atoms with E-state index in [0.717, 1.165) is 16.0 Å². The van der Waals surface area contributed by atoms with Gasteiger partial charge >= 0.3 is 0 Å². The third kappa shape index (κ3) is 3.00. The average Bonchev–Trinajstić information content (AvgIpc) is 2.29.